The number of furan rings is 1. The second-order valence-electron chi connectivity index (χ2n) is 8.54. The molecule has 0 spiro atoms. The molecule has 4 rings (SSSR count). The van der Waals surface area contributed by atoms with Crippen molar-refractivity contribution >= 4 is 23.4 Å². The van der Waals surface area contributed by atoms with Crippen molar-refractivity contribution in [2.45, 2.75) is 44.7 Å². The summed E-state index contributed by atoms with van der Waals surface area (Å²) in [7, 11) is 0. The van der Waals surface area contributed by atoms with E-state index in [0.29, 0.717) is 11.1 Å². The Morgan fingerprint density at radius 2 is 1.97 bits per heavy atom. The number of nitrogens with zero attached hydrogens (tertiary/aromatic N) is 2. The van der Waals surface area contributed by atoms with Crippen molar-refractivity contribution in [1.82, 2.24) is 15.6 Å². The number of halogens is 1. The van der Waals surface area contributed by atoms with Crippen LogP contribution in [0.3, 0.4) is 0 Å². The van der Waals surface area contributed by atoms with Crippen molar-refractivity contribution in [2.75, 3.05) is 11.4 Å². The van der Waals surface area contributed by atoms with Crippen LogP contribution in [0.25, 0.3) is 0 Å². The number of carbonyl (C=O) groups excluding carboxylic acids is 3. The predicted molar refractivity (Wildman–Crippen MR) is 127 cm³/mol. The molecule has 1 aliphatic rings. The number of amides is 3. The Labute approximate surface area is 202 Å². The average molecular weight is 479 g/mol. The van der Waals surface area contributed by atoms with Gasteiger partial charge in [-0.25, -0.2) is 4.39 Å². The highest BCUT2D eigenvalue weighted by Gasteiger charge is 2.35. The topological polar surface area (TPSA) is 105 Å². The van der Waals surface area contributed by atoms with Crippen molar-refractivity contribution in [1.29, 1.82) is 0 Å². The molecule has 0 bridgehead atoms. The van der Waals surface area contributed by atoms with Gasteiger partial charge >= 0.3 is 0 Å². The van der Waals surface area contributed by atoms with E-state index in [2.05, 4.69) is 15.6 Å². The standard InChI is InChI=1S/C26H27FN4O4/c1-17-10-11-20(14-21(17)27)31(23(32)16-29-25(33)22-9-5-13-35-22)24(18-6-4-12-28-15-18)26(34)30-19-7-2-3-8-19/h4-6,9-15,19,24H,2-3,7-8,16H2,1H3,(H,29,33)(H,30,34)/t24-/m1/s1. The SMILES string of the molecule is Cc1ccc(N(C(=O)CNC(=O)c2ccco2)[C@@H](C(=O)NC2CCCC2)c2cccnc2)cc1F. The minimum absolute atomic E-state index is 0.00651. The Morgan fingerprint density at radius 1 is 1.17 bits per heavy atom. The van der Waals surface area contributed by atoms with E-state index in [1.165, 1.54) is 29.5 Å². The number of rotatable bonds is 8. The second-order valence-corrected chi connectivity index (χ2v) is 8.54. The van der Waals surface area contributed by atoms with E-state index in [0.717, 1.165) is 25.7 Å². The highest BCUT2D eigenvalue weighted by atomic mass is 19.1. The van der Waals surface area contributed by atoms with Gasteiger partial charge in [0.05, 0.1) is 12.8 Å². The second kappa shape index (κ2) is 10.9. The molecule has 8 nitrogen and oxygen atoms in total. The quantitative estimate of drug-likeness (QED) is 0.514. The summed E-state index contributed by atoms with van der Waals surface area (Å²) in [4.78, 5) is 44.8. The zero-order valence-corrected chi connectivity index (χ0v) is 19.4. The molecule has 3 amide bonds. The van der Waals surface area contributed by atoms with Crippen LogP contribution in [-0.4, -0.2) is 35.3 Å². The molecule has 1 atom stereocenters. The number of pyridine rings is 1. The van der Waals surface area contributed by atoms with Gasteiger partial charge in [0, 0.05) is 29.7 Å². The first-order valence-corrected chi connectivity index (χ1v) is 11.5. The third-order valence-electron chi connectivity index (χ3n) is 6.06. The lowest BCUT2D eigenvalue weighted by Gasteiger charge is -2.32. The van der Waals surface area contributed by atoms with E-state index in [-0.39, 0.29) is 17.5 Å². The molecule has 1 saturated carbocycles. The number of benzene rings is 1. The largest absolute Gasteiger partial charge is 0.459 e. The Bertz CT molecular complexity index is 1180. The minimum atomic E-state index is -1.11. The van der Waals surface area contributed by atoms with Crippen molar-refractivity contribution in [3.63, 3.8) is 0 Å². The Balaban J connectivity index is 1.69. The van der Waals surface area contributed by atoms with E-state index in [4.69, 9.17) is 4.42 Å². The fraction of sp³-hybridized carbons (Fsp3) is 0.308. The van der Waals surface area contributed by atoms with Crippen LogP contribution in [0.4, 0.5) is 10.1 Å². The van der Waals surface area contributed by atoms with Crippen LogP contribution in [0, 0.1) is 12.7 Å². The summed E-state index contributed by atoms with van der Waals surface area (Å²) in [5.74, 6) is -2.03. The number of aryl methyl sites for hydroxylation is 1. The van der Waals surface area contributed by atoms with Crippen molar-refractivity contribution in [3.8, 4) is 0 Å². The van der Waals surface area contributed by atoms with Gasteiger partial charge in [-0.2, -0.15) is 0 Å². The molecule has 0 radical (unpaired) electrons. The lowest BCUT2D eigenvalue weighted by Crippen LogP contribution is -2.49. The van der Waals surface area contributed by atoms with Crippen molar-refractivity contribution in [3.05, 3.63) is 83.8 Å². The first-order chi connectivity index (χ1) is 16.9. The highest BCUT2D eigenvalue weighted by molar-refractivity contribution is 6.04. The van der Waals surface area contributed by atoms with E-state index >= 15 is 0 Å². The smallest absolute Gasteiger partial charge is 0.287 e. The molecule has 0 aliphatic heterocycles. The number of hydrogen-bond acceptors (Lipinski definition) is 5. The fourth-order valence-electron chi connectivity index (χ4n) is 4.21. The van der Waals surface area contributed by atoms with E-state index in [1.54, 1.807) is 43.5 Å². The lowest BCUT2D eigenvalue weighted by molar-refractivity contribution is -0.126. The molecule has 182 valence electrons. The highest BCUT2D eigenvalue weighted by Crippen LogP contribution is 2.30. The van der Waals surface area contributed by atoms with E-state index in [9.17, 15) is 18.8 Å². The first kappa shape index (κ1) is 24.1. The van der Waals surface area contributed by atoms with Gasteiger partial charge in [0.1, 0.15) is 11.9 Å². The monoisotopic (exact) mass is 478 g/mol. The Morgan fingerprint density at radius 3 is 2.63 bits per heavy atom. The molecule has 1 aliphatic carbocycles. The van der Waals surface area contributed by atoms with Gasteiger partial charge in [0.25, 0.3) is 5.91 Å². The maximum absolute atomic E-state index is 14.6. The van der Waals surface area contributed by atoms with E-state index < -0.39 is 36.1 Å². The zero-order chi connectivity index (χ0) is 24.8. The third-order valence-corrected chi connectivity index (χ3v) is 6.06. The van der Waals surface area contributed by atoms with Gasteiger partial charge in [0.15, 0.2) is 5.76 Å². The molecular weight excluding hydrogens is 451 g/mol. The summed E-state index contributed by atoms with van der Waals surface area (Å²) >= 11 is 0. The number of carbonyl (C=O) groups is 3. The van der Waals surface area contributed by atoms with Crippen LogP contribution >= 0.6 is 0 Å². The molecule has 3 aromatic rings. The van der Waals surface area contributed by atoms with Gasteiger partial charge in [0.2, 0.25) is 11.8 Å². The maximum Gasteiger partial charge on any atom is 0.287 e. The van der Waals surface area contributed by atoms with Crippen LogP contribution in [0.15, 0.2) is 65.5 Å². The van der Waals surface area contributed by atoms with Crippen LogP contribution in [0.5, 0.6) is 0 Å². The predicted octanol–water partition coefficient (Wildman–Crippen LogP) is 3.69. The van der Waals surface area contributed by atoms with Crippen LogP contribution in [-0.2, 0) is 9.59 Å². The lowest BCUT2D eigenvalue weighted by atomic mass is 10.0. The number of hydrogen-bond donors (Lipinski definition) is 2. The zero-order valence-electron chi connectivity index (χ0n) is 19.4. The van der Waals surface area contributed by atoms with Crippen LogP contribution in [0.1, 0.15) is 53.4 Å². The van der Waals surface area contributed by atoms with Gasteiger partial charge < -0.3 is 15.1 Å². The summed E-state index contributed by atoms with van der Waals surface area (Å²) in [6, 6.07) is 9.63. The summed E-state index contributed by atoms with van der Waals surface area (Å²) in [6.45, 7) is 1.18. The van der Waals surface area contributed by atoms with Crippen molar-refractivity contribution in [2.24, 2.45) is 0 Å². The Kier molecular flexibility index (Phi) is 7.54. The Hall–Kier alpha value is -4.01. The molecule has 2 aromatic heterocycles. The summed E-state index contributed by atoms with van der Waals surface area (Å²) < 4.78 is 19.6. The van der Waals surface area contributed by atoms with Gasteiger partial charge in [-0.3, -0.25) is 24.3 Å². The maximum atomic E-state index is 14.6. The van der Waals surface area contributed by atoms with Crippen LogP contribution in [0.2, 0.25) is 0 Å². The molecule has 2 heterocycles. The number of nitrogens with one attached hydrogen (secondary N) is 2. The average Bonchev–Trinajstić information content (AvgIpc) is 3.58. The normalized spacial score (nSPS) is 14.3. The van der Waals surface area contributed by atoms with Crippen molar-refractivity contribution < 1.29 is 23.2 Å². The molecule has 9 heteroatoms. The van der Waals surface area contributed by atoms with Gasteiger partial charge in [-0.1, -0.05) is 25.0 Å². The minimum Gasteiger partial charge on any atom is -0.459 e. The van der Waals surface area contributed by atoms with Gasteiger partial charge in [-0.15, -0.1) is 0 Å². The molecule has 1 fully saturated rings. The molecule has 1 aromatic carbocycles. The molecule has 0 saturated heterocycles. The van der Waals surface area contributed by atoms with Gasteiger partial charge in [-0.05, 0) is 55.7 Å². The summed E-state index contributed by atoms with van der Waals surface area (Å²) in [5.41, 5.74) is 1.07. The summed E-state index contributed by atoms with van der Waals surface area (Å²) in [6.07, 6.45) is 8.18. The first-order valence-electron chi connectivity index (χ1n) is 11.5. The fourth-order valence-corrected chi connectivity index (χ4v) is 4.21. The molecule has 2 N–H and O–H groups in total. The molecular formula is C26H27FN4O4. The number of aromatic nitrogens is 1. The van der Waals surface area contributed by atoms with E-state index in [1.807, 2.05) is 0 Å². The molecule has 0 unspecified atom stereocenters. The summed E-state index contributed by atoms with van der Waals surface area (Å²) in [5, 5.41) is 5.55. The third kappa shape index (κ3) is 5.74. The molecule has 35 heavy (non-hydrogen) atoms. The van der Waals surface area contributed by atoms with Crippen LogP contribution < -0.4 is 15.5 Å². The number of anilines is 1.